The van der Waals surface area contributed by atoms with E-state index in [-0.39, 0.29) is 42.2 Å². The first-order chi connectivity index (χ1) is 22.4. The zero-order chi connectivity index (χ0) is 33.9. The summed E-state index contributed by atoms with van der Waals surface area (Å²) in [5.41, 5.74) is 11.9. The Morgan fingerprint density at radius 1 is 1.17 bits per heavy atom. The second kappa shape index (κ2) is 15.0. The number of nitrogens with two attached hydrogens (primary N) is 1. The highest BCUT2D eigenvalue weighted by atomic mass is 35.5. The first kappa shape index (κ1) is 36.1. The van der Waals surface area contributed by atoms with Gasteiger partial charge < -0.3 is 20.9 Å². The lowest BCUT2D eigenvalue weighted by Crippen LogP contribution is -2.35. The summed E-state index contributed by atoms with van der Waals surface area (Å²) in [6, 6.07) is 10.4. The van der Waals surface area contributed by atoms with Crippen LogP contribution in [-0.4, -0.2) is 74.7 Å². The van der Waals surface area contributed by atoms with Crippen LogP contribution in [0.4, 0.5) is 0 Å². The molecule has 0 saturated carbocycles. The second-order valence-electron chi connectivity index (χ2n) is 11.2. The summed E-state index contributed by atoms with van der Waals surface area (Å²) >= 11 is 0. The Hall–Kier alpha value is -4.70. The standard InChI is InChI=1S/C21H19N5O5.C11H16N2O2S.ClH/c1-3-8-31-20(30)13-4-5-14-12(11(13)2)6-7-15(14)24-18(27)17-9-16(19(28)29)25-21-22-10-23-26(17)21;1-16(14,15)13-5-4-10-3-2-9(7-12)6-11(10)8-13;/h3-5,9-10,15H,1,6-8H2,2H3,(H,24,27)(H,28,29);2-3,6H,4-5,7-8,12H2,1H3;1H/t15-;;/m0../s1. The molecule has 0 bridgehead atoms. The third kappa shape index (κ3) is 7.71. The molecule has 0 fully saturated rings. The molecule has 1 amide bonds. The maximum Gasteiger partial charge on any atom is 0.354 e. The molecular weight excluding hydrogens is 662 g/mol. The van der Waals surface area contributed by atoms with Crippen LogP contribution in [0.1, 0.15) is 77.2 Å². The Bertz CT molecular complexity index is 2000. The zero-order valence-electron chi connectivity index (χ0n) is 26.4. The smallest absolute Gasteiger partial charge is 0.354 e. The number of aromatic carboxylic acids is 1. The largest absolute Gasteiger partial charge is 0.477 e. The van der Waals surface area contributed by atoms with Crippen molar-refractivity contribution in [1.82, 2.24) is 29.2 Å². The lowest BCUT2D eigenvalue weighted by atomic mass is 9.98. The van der Waals surface area contributed by atoms with Gasteiger partial charge in [-0.3, -0.25) is 4.79 Å². The minimum absolute atomic E-state index is 0. The third-order valence-corrected chi connectivity index (χ3v) is 9.46. The van der Waals surface area contributed by atoms with Crippen LogP contribution in [0, 0.1) is 6.92 Å². The molecule has 0 saturated heterocycles. The summed E-state index contributed by atoms with van der Waals surface area (Å²) < 4.78 is 30.7. The van der Waals surface area contributed by atoms with E-state index in [1.165, 1.54) is 39.1 Å². The molecule has 6 rings (SSSR count). The van der Waals surface area contributed by atoms with Crippen LogP contribution in [0.5, 0.6) is 0 Å². The molecule has 1 aliphatic carbocycles. The topological polar surface area (TPSA) is 199 Å². The van der Waals surface area contributed by atoms with Gasteiger partial charge in [-0.1, -0.05) is 36.9 Å². The molecule has 0 unspecified atom stereocenters. The summed E-state index contributed by atoms with van der Waals surface area (Å²) in [6.07, 6.45) is 6.08. The molecule has 0 spiro atoms. The van der Waals surface area contributed by atoms with Crippen LogP contribution in [0.25, 0.3) is 5.78 Å². The quantitative estimate of drug-likeness (QED) is 0.181. The number of carboxylic acids is 1. The van der Waals surface area contributed by atoms with Crippen molar-refractivity contribution in [2.45, 2.75) is 45.3 Å². The second-order valence-corrected chi connectivity index (χ2v) is 13.2. The van der Waals surface area contributed by atoms with E-state index in [4.69, 9.17) is 10.5 Å². The SMILES string of the molecule is C=CCOC(=O)c1ccc2c(c1C)CC[C@@H]2NC(=O)c1cc(C(=O)O)nc2ncnn12.CS(=O)(=O)N1CCc2ccc(CN)cc2C1.Cl. The van der Waals surface area contributed by atoms with Crippen molar-refractivity contribution in [3.05, 3.63) is 106 Å². The number of benzene rings is 2. The number of amides is 1. The fraction of sp³-hybridized carbons (Fsp3) is 0.312. The van der Waals surface area contributed by atoms with Gasteiger partial charge in [-0.05, 0) is 65.6 Å². The van der Waals surface area contributed by atoms with Gasteiger partial charge >= 0.3 is 11.9 Å². The van der Waals surface area contributed by atoms with Gasteiger partial charge in [-0.25, -0.2) is 23.0 Å². The number of nitrogens with zero attached hydrogens (tertiary/aromatic N) is 5. The first-order valence-electron chi connectivity index (χ1n) is 14.8. The lowest BCUT2D eigenvalue weighted by Gasteiger charge is -2.27. The molecule has 4 N–H and O–H groups in total. The summed E-state index contributed by atoms with van der Waals surface area (Å²) in [4.78, 5) is 44.3. The van der Waals surface area contributed by atoms with E-state index in [1.807, 2.05) is 25.1 Å². The van der Waals surface area contributed by atoms with Crippen molar-refractivity contribution < 1.29 is 32.6 Å². The normalized spacial score (nSPS) is 15.3. The van der Waals surface area contributed by atoms with Gasteiger partial charge in [-0.2, -0.15) is 18.9 Å². The highest BCUT2D eigenvalue weighted by Gasteiger charge is 2.29. The van der Waals surface area contributed by atoms with Gasteiger partial charge in [0.15, 0.2) is 5.69 Å². The van der Waals surface area contributed by atoms with E-state index in [0.717, 1.165) is 34.2 Å². The zero-order valence-corrected chi connectivity index (χ0v) is 28.0. The van der Waals surface area contributed by atoms with Gasteiger partial charge in [0.05, 0.1) is 17.9 Å². The molecule has 48 heavy (non-hydrogen) atoms. The van der Waals surface area contributed by atoms with E-state index in [1.54, 1.807) is 6.07 Å². The number of carbonyl (C=O) groups excluding carboxylic acids is 2. The van der Waals surface area contributed by atoms with Gasteiger partial charge in [0.2, 0.25) is 10.0 Å². The maximum absolute atomic E-state index is 13.0. The molecule has 4 aromatic rings. The fourth-order valence-electron chi connectivity index (χ4n) is 5.77. The Morgan fingerprint density at radius 3 is 2.62 bits per heavy atom. The summed E-state index contributed by atoms with van der Waals surface area (Å²) in [5.74, 6) is -2.16. The van der Waals surface area contributed by atoms with Crippen molar-refractivity contribution in [3.63, 3.8) is 0 Å². The molecule has 16 heteroatoms. The minimum Gasteiger partial charge on any atom is -0.477 e. The van der Waals surface area contributed by atoms with Crippen LogP contribution >= 0.6 is 12.4 Å². The van der Waals surface area contributed by atoms with E-state index < -0.39 is 27.9 Å². The number of rotatable bonds is 8. The number of halogens is 1. The molecule has 2 aromatic heterocycles. The van der Waals surface area contributed by atoms with Crippen molar-refractivity contribution in [2.75, 3.05) is 19.4 Å². The fourth-order valence-corrected chi connectivity index (χ4v) is 6.57. The molecule has 0 radical (unpaired) electrons. The Morgan fingerprint density at radius 2 is 1.94 bits per heavy atom. The van der Waals surface area contributed by atoms with Crippen LogP contribution in [0.3, 0.4) is 0 Å². The molecule has 254 valence electrons. The Balaban J connectivity index is 0.000000258. The number of nitrogens with one attached hydrogen (secondary N) is 1. The van der Waals surface area contributed by atoms with Crippen LogP contribution in [0.2, 0.25) is 0 Å². The minimum atomic E-state index is -3.09. The van der Waals surface area contributed by atoms with Gasteiger partial charge in [0.25, 0.3) is 11.7 Å². The summed E-state index contributed by atoms with van der Waals surface area (Å²) in [6.45, 7) is 7.07. The molecule has 2 aromatic carbocycles. The van der Waals surface area contributed by atoms with Gasteiger partial charge in [-0.15, -0.1) is 12.4 Å². The Labute approximate surface area is 283 Å². The average molecular weight is 698 g/mol. The lowest BCUT2D eigenvalue weighted by molar-refractivity contribution is 0.0548. The van der Waals surface area contributed by atoms with E-state index >= 15 is 0 Å². The van der Waals surface area contributed by atoms with Crippen LogP contribution in [0.15, 0.2) is 55.4 Å². The summed E-state index contributed by atoms with van der Waals surface area (Å²) in [7, 11) is -3.09. The van der Waals surface area contributed by atoms with Crippen molar-refractivity contribution in [1.29, 1.82) is 0 Å². The number of sulfonamides is 1. The number of esters is 1. The van der Waals surface area contributed by atoms with Crippen molar-refractivity contribution in [2.24, 2.45) is 5.73 Å². The highest BCUT2D eigenvalue weighted by molar-refractivity contribution is 7.88. The number of aromatic nitrogens is 4. The van der Waals surface area contributed by atoms with E-state index in [9.17, 15) is 27.9 Å². The van der Waals surface area contributed by atoms with Gasteiger partial charge in [0, 0.05) is 25.7 Å². The number of hydrogen-bond donors (Lipinski definition) is 3. The summed E-state index contributed by atoms with van der Waals surface area (Å²) in [5, 5.41) is 16.2. The molecule has 1 atom stereocenters. The number of hydrogen-bond acceptors (Lipinski definition) is 10. The maximum atomic E-state index is 13.0. The molecule has 1 aliphatic heterocycles. The van der Waals surface area contributed by atoms with E-state index in [0.29, 0.717) is 38.0 Å². The highest BCUT2D eigenvalue weighted by Crippen LogP contribution is 2.35. The van der Waals surface area contributed by atoms with Crippen molar-refractivity contribution >= 4 is 46.1 Å². The van der Waals surface area contributed by atoms with Crippen LogP contribution < -0.4 is 11.1 Å². The monoisotopic (exact) mass is 697 g/mol. The predicted molar refractivity (Wildman–Crippen MR) is 178 cm³/mol. The number of carboxylic acid groups (broad SMARTS) is 1. The average Bonchev–Trinajstić information content (AvgIpc) is 3.70. The number of carbonyl (C=O) groups is 3. The first-order valence-corrected chi connectivity index (χ1v) is 16.7. The van der Waals surface area contributed by atoms with Gasteiger partial charge in [0.1, 0.15) is 18.6 Å². The van der Waals surface area contributed by atoms with E-state index in [2.05, 4.69) is 33.0 Å². The molecular formula is C32H36ClN7O7S. The third-order valence-electron chi connectivity index (χ3n) is 8.21. The predicted octanol–water partition coefficient (Wildman–Crippen LogP) is 2.78. The van der Waals surface area contributed by atoms with Crippen LogP contribution in [-0.2, 0) is 40.7 Å². The molecule has 14 nitrogen and oxygen atoms in total. The molecule has 3 heterocycles. The number of ether oxygens (including phenoxy) is 1. The van der Waals surface area contributed by atoms with Crippen molar-refractivity contribution in [3.8, 4) is 0 Å². The number of fused-ring (bicyclic) bond motifs is 3. The molecule has 2 aliphatic rings. The Kier molecular flexibility index (Phi) is 11.3.